The molecule has 0 atom stereocenters. The third kappa shape index (κ3) is 5.13. The van der Waals surface area contributed by atoms with Crippen molar-refractivity contribution in [3.8, 4) is 0 Å². The van der Waals surface area contributed by atoms with E-state index in [0.29, 0.717) is 5.88 Å². The predicted octanol–water partition coefficient (Wildman–Crippen LogP) is 4.10. The normalized spacial score (nSPS) is 11.4. The van der Waals surface area contributed by atoms with Crippen molar-refractivity contribution in [2.45, 2.75) is 38.6 Å². The maximum atomic E-state index is 5.75. The second kappa shape index (κ2) is 8.08. The first-order chi connectivity index (χ1) is 9.67. The molecule has 0 unspecified atom stereocenters. The maximum absolute atomic E-state index is 5.75. The fourth-order valence-electron chi connectivity index (χ4n) is 2.02. The van der Waals surface area contributed by atoms with Crippen LogP contribution in [-0.2, 0) is 18.8 Å². The van der Waals surface area contributed by atoms with Crippen molar-refractivity contribution in [2.75, 3.05) is 13.6 Å². The largest absolute Gasteiger partial charge is 0.301 e. The molecule has 2 rings (SSSR count). The molecule has 0 spiro atoms. The molecule has 20 heavy (non-hydrogen) atoms. The first kappa shape index (κ1) is 15.9. The zero-order valence-corrected chi connectivity index (χ0v) is 14.3. The van der Waals surface area contributed by atoms with Gasteiger partial charge in [-0.25, -0.2) is 9.97 Å². The Bertz CT molecular complexity index is 524. The van der Waals surface area contributed by atoms with Gasteiger partial charge in [0.1, 0.15) is 0 Å². The quantitative estimate of drug-likeness (QED) is 0.539. The molecule has 2 aromatic heterocycles. The van der Waals surface area contributed by atoms with E-state index < -0.39 is 0 Å². The molecule has 110 valence electrons. The molecule has 6 heteroatoms. The number of rotatable bonds is 8. The van der Waals surface area contributed by atoms with Gasteiger partial charge in [-0.1, -0.05) is 0 Å². The van der Waals surface area contributed by atoms with E-state index >= 15 is 0 Å². The van der Waals surface area contributed by atoms with Crippen molar-refractivity contribution < 1.29 is 0 Å². The monoisotopic (exact) mass is 329 g/mol. The van der Waals surface area contributed by atoms with Gasteiger partial charge in [-0.05, 0) is 39.8 Å². The van der Waals surface area contributed by atoms with Crippen LogP contribution in [0.25, 0.3) is 0 Å². The lowest BCUT2D eigenvalue weighted by Gasteiger charge is -2.14. The van der Waals surface area contributed by atoms with Crippen molar-refractivity contribution >= 4 is 34.3 Å². The molecular formula is C14H20ClN3S2. The van der Waals surface area contributed by atoms with Gasteiger partial charge in [0.05, 0.1) is 27.3 Å². The van der Waals surface area contributed by atoms with Gasteiger partial charge in [0, 0.05) is 17.3 Å². The average molecular weight is 330 g/mol. The second-order valence-electron chi connectivity index (χ2n) is 4.92. The van der Waals surface area contributed by atoms with Gasteiger partial charge < -0.3 is 4.90 Å². The minimum Gasteiger partial charge on any atom is -0.301 e. The molecule has 0 N–H and O–H groups in total. The lowest BCUT2D eigenvalue weighted by molar-refractivity contribution is 0.315. The van der Waals surface area contributed by atoms with E-state index in [1.807, 2.05) is 0 Å². The number of nitrogens with zero attached hydrogens (tertiary/aromatic N) is 3. The SMILES string of the molecule is Cc1nc(CN(C)CCCCc2nc(CCl)cs2)cs1. The molecular weight excluding hydrogens is 310 g/mol. The Labute approximate surface area is 133 Å². The van der Waals surface area contributed by atoms with E-state index in [4.69, 9.17) is 11.6 Å². The molecule has 0 fully saturated rings. The van der Waals surface area contributed by atoms with Crippen LogP contribution in [0.15, 0.2) is 10.8 Å². The summed E-state index contributed by atoms with van der Waals surface area (Å²) < 4.78 is 0. The fraction of sp³-hybridized carbons (Fsp3) is 0.571. The van der Waals surface area contributed by atoms with E-state index in [-0.39, 0.29) is 0 Å². The standard InChI is InChI=1S/C14H20ClN3S2/c1-11-16-13(10-19-11)8-18(2)6-4-3-5-14-17-12(7-15)9-20-14/h9-10H,3-8H2,1-2H3. The Hall–Kier alpha value is -0.490. The van der Waals surface area contributed by atoms with Crippen molar-refractivity contribution in [3.05, 3.63) is 32.2 Å². The number of hydrogen-bond acceptors (Lipinski definition) is 5. The fourth-order valence-corrected chi connectivity index (χ4v) is 3.69. The molecule has 0 aliphatic carbocycles. The van der Waals surface area contributed by atoms with Gasteiger partial charge in [-0.15, -0.1) is 34.3 Å². The van der Waals surface area contributed by atoms with Crippen LogP contribution in [-0.4, -0.2) is 28.5 Å². The molecule has 0 amide bonds. The summed E-state index contributed by atoms with van der Waals surface area (Å²) in [4.78, 5) is 11.3. The summed E-state index contributed by atoms with van der Waals surface area (Å²) in [5.74, 6) is 0.520. The minimum atomic E-state index is 0.520. The Morgan fingerprint density at radius 3 is 2.60 bits per heavy atom. The second-order valence-corrected chi connectivity index (χ2v) is 7.19. The summed E-state index contributed by atoms with van der Waals surface area (Å²) >= 11 is 9.20. The van der Waals surface area contributed by atoms with Gasteiger partial charge in [-0.2, -0.15) is 0 Å². The zero-order chi connectivity index (χ0) is 14.4. The number of unbranched alkanes of at least 4 members (excludes halogenated alkanes) is 1. The van der Waals surface area contributed by atoms with E-state index in [1.165, 1.54) is 23.5 Å². The molecule has 3 nitrogen and oxygen atoms in total. The van der Waals surface area contributed by atoms with Crippen LogP contribution < -0.4 is 0 Å². The van der Waals surface area contributed by atoms with Crippen LogP contribution in [0, 0.1) is 6.92 Å². The predicted molar refractivity (Wildman–Crippen MR) is 87.8 cm³/mol. The molecule has 2 heterocycles. The Morgan fingerprint density at radius 1 is 1.15 bits per heavy atom. The number of halogens is 1. The Morgan fingerprint density at radius 2 is 1.95 bits per heavy atom. The van der Waals surface area contributed by atoms with Crippen LogP contribution >= 0.6 is 34.3 Å². The van der Waals surface area contributed by atoms with Gasteiger partial charge in [0.25, 0.3) is 0 Å². The summed E-state index contributed by atoms with van der Waals surface area (Å²) in [5, 5.41) is 6.55. The van der Waals surface area contributed by atoms with E-state index in [9.17, 15) is 0 Å². The van der Waals surface area contributed by atoms with Gasteiger partial charge in [0.15, 0.2) is 0 Å². The topological polar surface area (TPSA) is 29.0 Å². The first-order valence-electron chi connectivity index (χ1n) is 6.76. The van der Waals surface area contributed by atoms with Crippen molar-refractivity contribution in [2.24, 2.45) is 0 Å². The zero-order valence-electron chi connectivity index (χ0n) is 11.9. The lowest BCUT2D eigenvalue weighted by Crippen LogP contribution is -2.19. The smallest absolute Gasteiger partial charge is 0.0928 e. The van der Waals surface area contributed by atoms with Crippen molar-refractivity contribution in [3.63, 3.8) is 0 Å². The van der Waals surface area contributed by atoms with Crippen LogP contribution in [0.5, 0.6) is 0 Å². The third-order valence-corrected chi connectivity index (χ3v) is 5.07. The van der Waals surface area contributed by atoms with Crippen LogP contribution in [0.3, 0.4) is 0 Å². The highest BCUT2D eigenvalue weighted by atomic mass is 35.5. The number of alkyl halides is 1. The molecule has 0 bridgehead atoms. The van der Waals surface area contributed by atoms with Gasteiger partial charge in [-0.3, -0.25) is 0 Å². The molecule has 0 aliphatic heterocycles. The molecule has 2 aromatic rings. The van der Waals surface area contributed by atoms with Crippen LogP contribution in [0.2, 0.25) is 0 Å². The number of thiazole rings is 2. The highest BCUT2D eigenvalue weighted by Gasteiger charge is 2.05. The van der Waals surface area contributed by atoms with Gasteiger partial charge >= 0.3 is 0 Å². The summed E-state index contributed by atoms with van der Waals surface area (Å²) in [7, 11) is 2.16. The lowest BCUT2D eigenvalue weighted by atomic mass is 10.2. The molecule has 0 aliphatic rings. The first-order valence-corrected chi connectivity index (χ1v) is 9.05. The highest BCUT2D eigenvalue weighted by molar-refractivity contribution is 7.09. The van der Waals surface area contributed by atoms with Gasteiger partial charge in [0.2, 0.25) is 0 Å². The third-order valence-electron chi connectivity index (χ3n) is 3.02. The van der Waals surface area contributed by atoms with Crippen molar-refractivity contribution in [1.82, 2.24) is 14.9 Å². The molecule has 0 radical (unpaired) electrons. The van der Waals surface area contributed by atoms with Crippen LogP contribution in [0.4, 0.5) is 0 Å². The van der Waals surface area contributed by atoms with Crippen molar-refractivity contribution in [1.29, 1.82) is 0 Å². The number of aromatic nitrogens is 2. The summed E-state index contributed by atoms with van der Waals surface area (Å²) in [6.07, 6.45) is 3.43. The summed E-state index contributed by atoms with van der Waals surface area (Å²) in [6.45, 7) is 4.10. The minimum absolute atomic E-state index is 0.520. The molecule has 0 aromatic carbocycles. The molecule has 0 saturated carbocycles. The number of aryl methyl sites for hydroxylation is 2. The Kier molecular flexibility index (Phi) is 6.42. The maximum Gasteiger partial charge on any atom is 0.0928 e. The highest BCUT2D eigenvalue weighted by Crippen LogP contribution is 2.14. The van der Waals surface area contributed by atoms with Crippen LogP contribution in [0.1, 0.15) is 34.2 Å². The average Bonchev–Trinajstić information content (AvgIpc) is 3.04. The van der Waals surface area contributed by atoms with E-state index in [1.54, 1.807) is 22.7 Å². The molecule has 0 saturated heterocycles. The number of hydrogen-bond donors (Lipinski definition) is 0. The van der Waals surface area contributed by atoms with E-state index in [2.05, 4.69) is 39.6 Å². The summed E-state index contributed by atoms with van der Waals surface area (Å²) in [6, 6.07) is 0. The Balaban J connectivity index is 1.62. The van der Waals surface area contributed by atoms with E-state index in [0.717, 1.165) is 30.2 Å². The summed E-state index contributed by atoms with van der Waals surface area (Å²) in [5.41, 5.74) is 2.18.